The van der Waals surface area contributed by atoms with Gasteiger partial charge in [-0.2, -0.15) is 5.26 Å². The van der Waals surface area contributed by atoms with Crippen LogP contribution < -0.4 is 10.1 Å². The molecule has 4 heteroatoms. The third-order valence-corrected chi connectivity index (χ3v) is 4.90. The van der Waals surface area contributed by atoms with E-state index < -0.39 is 5.54 Å². The normalized spacial score (nSPS) is 18.3. The van der Waals surface area contributed by atoms with E-state index in [1.165, 1.54) is 0 Å². The Hall–Kier alpha value is -3.58. The smallest absolute Gasteiger partial charge is 0.129 e. The number of amidine groups is 1. The minimum atomic E-state index is -0.478. The van der Waals surface area contributed by atoms with Crippen molar-refractivity contribution >= 4 is 5.84 Å². The maximum atomic E-state index is 9.20. The number of nitrogens with one attached hydrogen (secondary N) is 1. The van der Waals surface area contributed by atoms with E-state index >= 15 is 0 Å². The highest BCUT2D eigenvalue weighted by molar-refractivity contribution is 6.01. The summed E-state index contributed by atoms with van der Waals surface area (Å²) in [6.07, 6.45) is 0. The highest BCUT2D eigenvalue weighted by atomic mass is 16.5. The van der Waals surface area contributed by atoms with E-state index in [0.717, 1.165) is 28.3 Å². The van der Waals surface area contributed by atoms with Crippen LogP contribution >= 0.6 is 0 Å². The molecule has 0 saturated heterocycles. The number of ether oxygens (including phenoxy) is 1. The summed E-state index contributed by atoms with van der Waals surface area (Å²) in [6, 6.07) is 28.1. The molecule has 3 aromatic rings. The molecule has 1 N–H and O–H groups in total. The van der Waals surface area contributed by atoms with Crippen LogP contribution in [0.1, 0.15) is 22.3 Å². The molecule has 3 aromatic carbocycles. The fourth-order valence-corrected chi connectivity index (χ4v) is 3.48. The van der Waals surface area contributed by atoms with E-state index in [1.54, 1.807) is 13.2 Å². The highest BCUT2D eigenvalue weighted by Gasteiger charge is 2.39. The second kappa shape index (κ2) is 6.97. The number of benzene rings is 3. The first kappa shape index (κ1) is 16.9. The van der Waals surface area contributed by atoms with E-state index in [0.29, 0.717) is 12.1 Å². The summed E-state index contributed by atoms with van der Waals surface area (Å²) in [5.74, 6) is 1.60. The predicted molar refractivity (Wildman–Crippen MR) is 106 cm³/mol. The van der Waals surface area contributed by atoms with Crippen LogP contribution in [0, 0.1) is 11.3 Å². The molecule has 0 aliphatic carbocycles. The molecule has 4 rings (SSSR count). The molecule has 0 amide bonds. The molecule has 0 aromatic heterocycles. The van der Waals surface area contributed by atoms with Gasteiger partial charge in [0.15, 0.2) is 0 Å². The lowest BCUT2D eigenvalue weighted by atomic mass is 9.83. The van der Waals surface area contributed by atoms with Crippen molar-refractivity contribution in [2.24, 2.45) is 4.99 Å². The topological polar surface area (TPSA) is 57.4 Å². The summed E-state index contributed by atoms with van der Waals surface area (Å²) in [6.45, 7) is 0.566. The molecule has 1 unspecified atom stereocenters. The van der Waals surface area contributed by atoms with Crippen molar-refractivity contribution in [1.29, 1.82) is 5.26 Å². The lowest BCUT2D eigenvalue weighted by Crippen LogP contribution is -2.44. The Balaban J connectivity index is 1.79. The summed E-state index contributed by atoms with van der Waals surface area (Å²) in [7, 11) is 1.67. The summed E-state index contributed by atoms with van der Waals surface area (Å²) < 4.78 is 5.44. The van der Waals surface area contributed by atoms with Crippen molar-refractivity contribution in [3.05, 3.63) is 101 Å². The number of methoxy groups -OCH3 is 1. The minimum absolute atomic E-state index is 0.478. The third kappa shape index (κ3) is 3.04. The van der Waals surface area contributed by atoms with Crippen LogP contribution in [-0.4, -0.2) is 19.5 Å². The molecule has 0 spiro atoms. The zero-order valence-electron chi connectivity index (χ0n) is 15.0. The number of nitrogens with zero attached hydrogens (tertiary/aromatic N) is 2. The van der Waals surface area contributed by atoms with E-state index in [9.17, 15) is 5.26 Å². The van der Waals surface area contributed by atoms with Crippen LogP contribution in [0.5, 0.6) is 5.75 Å². The zero-order chi connectivity index (χ0) is 18.7. The van der Waals surface area contributed by atoms with Crippen molar-refractivity contribution in [2.45, 2.75) is 5.54 Å². The molecule has 0 fully saturated rings. The Kier molecular flexibility index (Phi) is 4.35. The van der Waals surface area contributed by atoms with Crippen LogP contribution in [0.3, 0.4) is 0 Å². The number of aliphatic imine (C=N–C) groups is 1. The van der Waals surface area contributed by atoms with Crippen LogP contribution in [0.2, 0.25) is 0 Å². The van der Waals surface area contributed by atoms with Crippen molar-refractivity contribution in [3.8, 4) is 11.8 Å². The number of hydrogen-bond donors (Lipinski definition) is 1. The van der Waals surface area contributed by atoms with Gasteiger partial charge in [-0.1, -0.05) is 54.6 Å². The Bertz CT molecular complexity index is 1040. The van der Waals surface area contributed by atoms with Crippen LogP contribution in [-0.2, 0) is 5.54 Å². The monoisotopic (exact) mass is 353 g/mol. The van der Waals surface area contributed by atoms with Crippen molar-refractivity contribution in [2.75, 3.05) is 13.7 Å². The number of rotatable bonds is 4. The maximum absolute atomic E-state index is 9.20. The molecule has 0 bridgehead atoms. The second-order valence-electron chi connectivity index (χ2n) is 6.49. The third-order valence-electron chi connectivity index (χ3n) is 4.90. The van der Waals surface area contributed by atoms with Gasteiger partial charge in [-0.15, -0.1) is 0 Å². The highest BCUT2D eigenvalue weighted by Crippen LogP contribution is 2.35. The lowest BCUT2D eigenvalue weighted by molar-refractivity contribution is 0.412. The molecule has 1 aliphatic heterocycles. The summed E-state index contributed by atoms with van der Waals surface area (Å²) in [5.41, 5.74) is 3.27. The molecule has 132 valence electrons. The van der Waals surface area contributed by atoms with Crippen LogP contribution in [0.4, 0.5) is 0 Å². The van der Waals surface area contributed by atoms with Gasteiger partial charge >= 0.3 is 0 Å². The molecule has 0 radical (unpaired) electrons. The largest absolute Gasteiger partial charge is 0.497 e. The Morgan fingerprint density at radius 3 is 2.52 bits per heavy atom. The van der Waals surface area contributed by atoms with Crippen molar-refractivity contribution in [3.63, 3.8) is 0 Å². The molecule has 27 heavy (non-hydrogen) atoms. The van der Waals surface area contributed by atoms with E-state index in [-0.39, 0.29) is 0 Å². The maximum Gasteiger partial charge on any atom is 0.129 e. The van der Waals surface area contributed by atoms with E-state index in [1.807, 2.05) is 54.6 Å². The van der Waals surface area contributed by atoms with Crippen molar-refractivity contribution < 1.29 is 4.74 Å². The summed E-state index contributed by atoms with van der Waals surface area (Å²) in [5, 5.41) is 12.8. The number of nitriles is 1. The summed E-state index contributed by atoms with van der Waals surface area (Å²) >= 11 is 0. The van der Waals surface area contributed by atoms with Crippen LogP contribution in [0.25, 0.3) is 0 Å². The molecule has 1 atom stereocenters. The van der Waals surface area contributed by atoms with E-state index in [4.69, 9.17) is 9.73 Å². The first-order valence-corrected chi connectivity index (χ1v) is 8.78. The van der Waals surface area contributed by atoms with Crippen molar-refractivity contribution in [1.82, 2.24) is 5.32 Å². The molecular weight excluding hydrogens is 334 g/mol. The van der Waals surface area contributed by atoms with Gasteiger partial charge in [0, 0.05) is 5.56 Å². The molecular formula is C23H19N3O. The van der Waals surface area contributed by atoms with Crippen LogP contribution in [0.15, 0.2) is 83.9 Å². The standard InChI is InChI=1S/C23H19N3O/c1-27-21-12-6-11-20(14-21)23(19-9-3-2-4-10-19)16-25-22(26-23)18-8-5-7-17(13-18)15-24/h2-14H,16H2,1H3,(H,25,26). The fourth-order valence-electron chi connectivity index (χ4n) is 3.48. The van der Waals surface area contributed by atoms with Gasteiger partial charge in [0.1, 0.15) is 17.1 Å². The SMILES string of the molecule is COc1cccc(C2(c3ccccc3)CN=C(c3cccc(C#N)c3)N2)c1. The Morgan fingerprint density at radius 1 is 0.963 bits per heavy atom. The summed E-state index contributed by atoms with van der Waals surface area (Å²) in [4.78, 5) is 4.80. The second-order valence-corrected chi connectivity index (χ2v) is 6.49. The lowest BCUT2D eigenvalue weighted by Gasteiger charge is -2.31. The average molecular weight is 353 g/mol. The molecule has 4 nitrogen and oxygen atoms in total. The zero-order valence-corrected chi connectivity index (χ0v) is 15.0. The van der Waals surface area contributed by atoms with Gasteiger partial charge in [0.2, 0.25) is 0 Å². The molecule has 0 saturated carbocycles. The van der Waals surface area contributed by atoms with Gasteiger partial charge in [-0.05, 0) is 35.4 Å². The van der Waals surface area contributed by atoms with Gasteiger partial charge in [0.05, 0.1) is 25.3 Å². The first-order chi connectivity index (χ1) is 13.2. The van der Waals surface area contributed by atoms with Gasteiger partial charge in [-0.3, -0.25) is 4.99 Å². The Labute approximate surface area is 158 Å². The quantitative estimate of drug-likeness (QED) is 0.775. The fraction of sp³-hybridized carbons (Fsp3) is 0.130. The molecule has 1 heterocycles. The van der Waals surface area contributed by atoms with Gasteiger partial charge < -0.3 is 10.1 Å². The Morgan fingerprint density at radius 2 is 1.74 bits per heavy atom. The first-order valence-electron chi connectivity index (χ1n) is 8.78. The minimum Gasteiger partial charge on any atom is -0.497 e. The van der Waals surface area contributed by atoms with Gasteiger partial charge in [-0.25, -0.2) is 0 Å². The predicted octanol–water partition coefficient (Wildman–Crippen LogP) is 3.86. The average Bonchev–Trinajstić information content (AvgIpc) is 3.21. The number of hydrogen-bond acceptors (Lipinski definition) is 4. The van der Waals surface area contributed by atoms with Gasteiger partial charge in [0.25, 0.3) is 0 Å². The molecule has 1 aliphatic rings. The van der Waals surface area contributed by atoms with E-state index in [2.05, 4.69) is 29.6 Å².